The largest absolute Gasteiger partial charge is 0.493 e. The molecule has 0 radical (unpaired) electrons. The molecule has 0 amide bonds. The van der Waals surface area contributed by atoms with Crippen LogP contribution in [0.2, 0.25) is 0 Å². The van der Waals surface area contributed by atoms with E-state index in [-0.39, 0.29) is 11.7 Å². The molecule has 1 fully saturated rings. The Bertz CT molecular complexity index is 486. The summed E-state index contributed by atoms with van der Waals surface area (Å²) in [5.74, 6) is 1.13. The predicted molar refractivity (Wildman–Crippen MR) is 70.5 cm³/mol. The van der Waals surface area contributed by atoms with Gasteiger partial charge in [0.2, 0.25) is 0 Å². The molecule has 1 saturated carbocycles. The van der Waals surface area contributed by atoms with Gasteiger partial charge in [-0.3, -0.25) is 10.1 Å². The van der Waals surface area contributed by atoms with Crippen molar-refractivity contribution in [3.8, 4) is 11.5 Å². The van der Waals surface area contributed by atoms with Gasteiger partial charge >= 0.3 is 0 Å². The Morgan fingerprint density at radius 1 is 1.32 bits per heavy atom. The number of benzene rings is 1. The van der Waals surface area contributed by atoms with E-state index in [0.29, 0.717) is 23.0 Å². The average Bonchev–Trinajstić information content (AvgIpc) is 2.34. The molecule has 0 saturated heterocycles. The number of nitro benzene ring substituents is 1. The van der Waals surface area contributed by atoms with E-state index in [1.165, 1.54) is 20.3 Å². The van der Waals surface area contributed by atoms with Crippen molar-refractivity contribution in [3.63, 3.8) is 0 Å². The molecule has 2 rings (SSSR count). The van der Waals surface area contributed by atoms with Crippen LogP contribution in [0.1, 0.15) is 30.9 Å². The van der Waals surface area contributed by atoms with E-state index in [1.807, 2.05) is 0 Å². The van der Waals surface area contributed by atoms with Crippen LogP contribution in [0.15, 0.2) is 12.1 Å². The molecule has 0 aliphatic heterocycles. The second-order valence-corrected chi connectivity index (χ2v) is 4.74. The van der Waals surface area contributed by atoms with Gasteiger partial charge in [-0.15, -0.1) is 0 Å². The molecule has 0 bridgehead atoms. The number of hydrogen-bond acceptors (Lipinski definition) is 5. The number of methoxy groups -OCH3 is 2. The topological polar surface area (TPSA) is 87.6 Å². The van der Waals surface area contributed by atoms with Crippen LogP contribution in [0, 0.1) is 16.0 Å². The first-order valence-corrected chi connectivity index (χ1v) is 6.24. The van der Waals surface area contributed by atoms with Crippen molar-refractivity contribution in [3.05, 3.63) is 27.8 Å². The quantitative estimate of drug-likeness (QED) is 0.653. The molecule has 6 heteroatoms. The third-order valence-corrected chi connectivity index (χ3v) is 3.75. The summed E-state index contributed by atoms with van der Waals surface area (Å²) in [5.41, 5.74) is 6.67. The van der Waals surface area contributed by atoms with E-state index in [0.717, 1.165) is 19.3 Å². The second-order valence-electron chi connectivity index (χ2n) is 4.74. The lowest BCUT2D eigenvalue weighted by Crippen LogP contribution is -2.27. The fraction of sp³-hybridized carbons (Fsp3) is 0.538. The minimum atomic E-state index is -0.421. The Hall–Kier alpha value is -1.82. The summed E-state index contributed by atoms with van der Waals surface area (Å²) >= 11 is 0. The highest BCUT2D eigenvalue weighted by Gasteiger charge is 2.31. The molecule has 19 heavy (non-hydrogen) atoms. The van der Waals surface area contributed by atoms with Crippen LogP contribution in [0.4, 0.5) is 5.69 Å². The normalized spacial score (nSPS) is 16.6. The predicted octanol–water partition coefficient (Wildman–Crippen LogP) is 2.41. The van der Waals surface area contributed by atoms with Gasteiger partial charge in [0.1, 0.15) is 0 Å². The summed E-state index contributed by atoms with van der Waals surface area (Å²) in [6, 6.07) is 2.68. The monoisotopic (exact) mass is 266 g/mol. The van der Waals surface area contributed by atoms with E-state index in [1.54, 1.807) is 6.07 Å². The number of nitro groups is 1. The van der Waals surface area contributed by atoms with Crippen molar-refractivity contribution in [1.82, 2.24) is 0 Å². The van der Waals surface area contributed by atoms with Crippen molar-refractivity contribution in [2.45, 2.75) is 25.3 Å². The molecular weight excluding hydrogens is 248 g/mol. The average molecular weight is 266 g/mol. The Balaban J connectivity index is 2.46. The van der Waals surface area contributed by atoms with Gasteiger partial charge in [0.15, 0.2) is 11.5 Å². The summed E-state index contributed by atoms with van der Waals surface area (Å²) in [6.45, 7) is 0. The molecule has 0 heterocycles. The van der Waals surface area contributed by atoms with Crippen molar-refractivity contribution in [2.24, 2.45) is 11.7 Å². The zero-order valence-electron chi connectivity index (χ0n) is 11.1. The van der Waals surface area contributed by atoms with Crippen molar-refractivity contribution in [1.29, 1.82) is 0 Å². The molecule has 1 aromatic carbocycles. The molecule has 0 spiro atoms. The van der Waals surface area contributed by atoms with Crippen LogP contribution in [0.5, 0.6) is 11.5 Å². The maximum absolute atomic E-state index is 11.2. The van der Waals surface area contributed by atoms with Crippen LogP contribution in [0.3, 0.4) is 0 Å². The Morgan fingerprint density at radius 3 is 2.32 bits per heavy atom. The molecule has 0 aromatic heterocycles. The van der Waals surface area contributed by atoms with Gasteiger partial charge in [0, 0.05) is 6.04 Å². The zero-order chi connectivity index (χ0) is 14.0. The smallest absolute Gasteiger partial charge is 0.278 e. The number of rotatable bonds is 5. The summed E-state index contributed by atoms with van der Waals surface area (Å²) in [5, 5.41) is 11.2. The first-order chi connectivity index (χ1) is 9.08. The third-order valence-electron chi connectivity index (χ3n) is 3.75. The van der Waals surface area contributed by atoms with Crippen LogP contribution >= 0.6 is 0 Å². The highest BCUT2D eigenvalue weighted by atomic mass is 16.6. The molecule has 1 aliphatic rings. The molecule has 6 nitrogen and oxygen atoms in total. The Labute approximate surface area is 111 Å². The second kappa shape index (κ2) is 5.44. The summed E-state index contributed by atoms with van der Waals surface area (Å²) in [7, 11) is 2.95. The van der Waals surface area contributed by atoms with Crippen molar-refractivity contribution < 1.29 is 14.4 Å². The standard InChI is InChI=1S/C13H18N2O4/c1-18-11-6-9(13(14)8-4-3-5-8)10(15(16)17)7-12(11)19-2/h6-8,13H,3-5,14H2,1-2H3/t13-/m0/s1. The fourth-order valence-corrected chi connectivity index (χ4v) is 2.36. The first-order valence-electron chi connectivity index (χ1n) is 6.24. The lowest BCUT2D eigenvalue weighted by atomic mass is 9.77. The number of ether oxygens (including phenoxy) is 2. The molecule has 1 aromatic rings. The van der Waals surface area contributed by atoms with Crippen LogP contribution < -0.4 is 15.2 Å². The highest BCUT2D eigenvalue weighted by molar-refractivity contribution is 5.55. The minimum absolute atomic E-state index is 0.00273. The van der Waals surface area contributed by atoms with Crippen LogP contribution in [-0.4, -0.2) is 19.1 Å². The third kappa shape index (κ3) is 2.49. The van der Waals surface area contributed by atoms with Crippen LogP contribution in [-0.2, 0) is 0 Å². The van der Waals surface area contributed by atoms with Crippen molar-refractivity contribution >= 4 is 5.69 Å². The number of nitrogens with two attached hydrogens (primary N) is 1. The number of hydrogen-bond donors (Lipinski definition) is 1. The van der Waals surface area contributed by atoms with Gasteiger partial charge in [0.05, 0.1) is 30.8 Å². The molecule has 0 unspecified atom stereocenters. The first kappa shape index (κ1) is 13.6. The summed E-state index contributed by atoms with van der Waals surface area (Å²) < 4.78 is 10.3. The minimum Gasteiger partial charge on any atom is -0.493 e. The Kier molecular flexibility index (Phi) is 3.90. The van der Waals surface area contributed by atoms with Gasteiger partial charge in [-0.1, -0.05) is 6.42 Å². The van der Waals surface area contributed by atoms with Gasteiger partial charge in [-0.05, 0) is 24.8 Å². The van der Waals surface area contributed by atoms with Crippen LogP contribution in [0.25, 0.3) is 0 Å². The SMILES string of the molecule is COc1cc([C@@H](N)C2CCC2)c([N+](=O)[O-])cc1OC. The molecule has 1 aliphatic carbocycles. The summed E-state index contributed by atoms with van der Waals surface area (Å²) in [6.07, 6.45) is 3.18. The molecule has 1 atom stereocenters. The van der Waals surface area contributed by atoms with Crippen molar-refractivity contribution in [2.75, 3.05) is 14.2 Å². The van der Waals surface area contributed by atoms with Gasteiger partial charge in [-0.2, -0.15) is 0 Å². The maximum Gasteiger partial charge on any atom is 0.278 e. The fourth-order valence-electron chi connectivity index (χ4n) is 2.36. The van der Waals surface area contributed by atoms with Gasteiger partial charge in [-0.25, -0.2) is 0 Å². The molecule has 2 N–H and O–H groups in total. The maximum atomic E-state index is 11.2. The van der Waals surface area contributed by atoms with E-state index < -0.39 is 4.92 Å². The number of nitrogens with zero attached hydrogens (tertiary/aromatic N) is 1. The van der Waals surface area contributed by atoms with E-state index in [9.17, 15) is 10.1 Å². The zero-order valence-corrected chi connectivity index (χ0v) is 11.1. The Morgan fingerprint density at radius 2 is 1.89 bits per heavy atom. The molecule has 104 valence electrons. The van der Waals surface area contributed by atoms with Gasteiger partial charge < -0.3 is 15.2 Å². The van der Waals surface area contributed by atoms with Gasteiger partial charge in [0.25, 0.3) is 5.69 Å². The summed E-state index contributed by atoms with van der Waals surface area (Å²) in [4.78, 5) is 10.8. The van der Waals surface area contributed by atoms with E-state index >= 15 is 0 Å². The van der Waals surface area contributed by atoms with E-state index in [2.05, 4.69) is 0 Å². The molecular formula is C13H18N2O4. The lowest BCUT2D eigenvalue weighted by Gasteiger charge is -2.31. The lowest BCUT2D eigenvalue weighted by molar-refractivity contribution is -0.385. The highest BCUT2D eigenvalue weighted by Crippen LogP contribution is 2.43. The van der Waals surface area contributed by atoms with E-state index in [4.69, 9.17) is 15.2 Å².